The van der Waals surface area contributed by atoms with Crippen molar-refractivity contribution in [2.75, 3.05) is 0 Å². The van der Waals surface area contributed by atoms with Crippen molar-refractivity contribution in [2.45, 2.75) is 58.9 Å². The Morgan fingerprint density at radius 3 is 2.22 bits per heavy atom. The summed E-state index contributed by atoms with van der Waals surface area (Å²) in [6.45, 7) is 6.71. The fourth-order valence-corrected chi connectivity index (χ4v) is 3.46. The van der Waals surface area contributed by atoms with E-state index in [2.05, 4.69) is 44.4 Å². The topological polar surface area (TPSA) is 38.0 Å². The second-order valence-corrected chi connectivity index (χ2v) is 6.28. The highest BCUT2D eigenvalue weighted by Gasteiger charge is 2.36. The number of benzene rings is 1. The number of rotatable bonds is 4. The van der Waals surface area contributed by atoms with Gasteiger partial charge >= 0.3 is 0 Å². The average molecular weight is 246 g/mol. The Kier molecular flexibility index (Phi) is 4.08. The Morgan fingerprint density at radius 1 is 1.17 bits per heavy atom. The molecule has 1 aliphatic rings. The van der Waals surface area contributed by atoms with Crippen molar-refractivity contribution in [3.05, 3.63) is 34.9 Å². The van der Waals surface area contributed by atoms with Gasteiger partial charge in [0.05, 0.1) is 0 Å². The van der Waals surface area contributed by atoms with E-state index in [4.69, 9.17) is 5.84 Å². The summed E-state index contributed by atoms with van der Waals surface area (Å²) in [5, 5.41) is 0. The zero-order valence-electron chi connectivity index (χ0n) is 11.9. The van der Waals surface area contributed by atoms with Gasteiger partial charge in [-0.05, 0) is 44.1 Å². The molecule has 0 aliphatic heterocycles. The van der Waals surface area contributed by atoms with Crippen LogP contribution in [0.15, 0.2) is 18.2 Å². The smallest absolute Gasteiger partial charge is 0.0304 e. The molecule has 1 fully saturated rings. The third-order valence-corrected chi connectivity index (χ3v) is 4.51. The van der Waals surface area contributed by atoms with Crippen LogP contribution in [-0.4, -0.2) is 6.04 Å². The minimum Gasteiger partial charge on any atom is -0.271 e. The second-order valence-electron chi connectivity index (χ2n) is 6.28. The molecule has 1 unspecified atom stereocenters. The summed E-state index contributed by atoms with van der Waals surface area (Å²) in [4.78, 5) is 0. The van der Waals surface area contributed by atoms with E-state index in [1.165, 1.54) is 42.4 Å². The van der Waals surface area contributed by atoms with Crippen molar-refractivity contribution >= 4 is 0 Å². The summed E-state index contributed by atoms with van der Waals surface area (Å²) in [7, 11) is 0. The first-order valence-corrected chi connectivity index (χ1v) is 7.07. The lowest BCUT2D eigenvalue weighted by Crippen LogP contribution is -2.47. The van der Waals surface area contributed by atoms with E-state index in [-0.39, 0.29) is 0 Å². The lowest BCUT2D eigenvalue weighted by molar-refractivity contribution is 0.221. The quantitative estimate of drug-likeness (QED) is 0.632. The first kappa shape index (κ1) is 13.6. The highest BCUT2D eigenvalue weighted by molar-refractivity contribution is 5.29. The number of hydrogen-bond acceptors (Lipinski definition) is 2. The Hall–Kier alpha value is -0.860. The van der Waals surface area contributed by atoms with Crippen LogP contribution in [0.2, 0.25) is 0 Å². The van der Waals surface area contributed by atoms with Gasteiger partial charge in [-0.2, -0.15) is 0 Å². The first-order valence-electron chi connectivity index (χ1n) is 7.07. The summed E-state index contributed by atoms with van der Waals surface area (Å²) in [6.07, 6.45) is 6.33. The molecule has 2 rings (SSSR count). The fourth-order valence-electron chi connectivity index (χ4n) is 3.46. The molecule has 1 aliphatic carbocycles. The van der Waals surface area contributed by atoms with Gasteiger partial charge in [-0.15, -0.1) is 0 Å². The molecule has 0 spiro atoms. The van der Waals surface area contributed by atoms with Crippen LogP contribution in [0.5, 0.6) is 0 Å². The summed E-state index contributed by atoms with van der Waals surface area (Å²) in [6, 6.07) is 7.19. The van der Waals surface area contributed by atoms with Gasteiger partial charge in [-0.25, -0.2) is 0 Å². The SMILES string of the molecule is Cc1cc(C)cc(CC(NN)C2(C)CCCC2)c1. The zero-order chi connectivity index (χ0) is 13.2. The molecule has 0 bridgehead atoms. The maximum atomic E-state index is 5.81. The van der Waals surface area contributed by atoms with Gasteiger partial charge in [-0.1, -0.05) is 49.1 Å². The highest BCUT2D eigenvalue weighted by Crippen LogP contribution is 2.41. The second kappa shape index (κ2) is 5.41. The predicted octanol–water partition coefficient (Wildman–Crippen LogP) is 3.26. The summed E-state index contributed by atoms with van der Waals surface area (Å²) in [5.41, 5.74) is 7.53. The third-order valence-electron chi connectivity index (χ3n) is 4.51. The average Bonchev–Trinajstić information content (AvgIpc) is 2.72. The standard InChI is InChI=1S/C16H26N2/c1-12-8-13(2)10-14(9-12)11-15(18-17)16(3)6-4-5-7-16/h8-10,15,18H,4-7,11,17H2,1-3H3. The molecule has 1 atom stereocenters. The first-order chi connectivity index (χ1) is 8.53. The van der Waals surface area contributed by atoms with Crippen LogP contribution in [0.4, 0.5) is 0 Å². The molecule has 100 valence electrons. The van der Waals surface area contributed by atoms with Crippen molar-refractivity contribution in [1.29, 1.82) is 0 Å². The molecular weight excluding hydrogens is 220 g/mol. The zero-order valence-corrected chi connectivity index (χ0v) is 11.9. The molecule has 0 aromatic heterocycles. The van der Waals surface area contributed by atoms with Gasteiger partial charge in [0.15, 0.2) is 0 Å². The normalized spacial score (nSPS) is 20.0. The minimum atomic E-state index is 0.367. The van der Waals surface area contributed by atoms with E-state index in [9.17, 15) is 0 Å². The van der Waals surface area contributed by atoms with Crippen molar-refractivity contribution in [3.63, 3.8) is 0 Å². The van der Waals surface area contributed by atoms with Crippen molar-refractivity contribution in [2.24, 2.45) is 11.3 Å². The molecule has 1 aromatic rings. The largest absolute Gasteiger partial charge is 0.271 e. The lowest BCUT2D eigenvalue weighted by Gasteiger charge is -2.34. The van der Waals surface area contributed by atoms with Crippen LogP contribution >= 0.6 is 0 Å². The molecule has 2 nitrogen and oxygen atoms in total. The van der Waals surface area contributed by atoms with E-state index in [1.807, 2.05) is 0 Å². The molecular formula is C16H26N2. The van der Waals surface area contributed by atoms with Crippen molar-refractivity contribution in [3.8, 4) is 0 Å². The Bertz CT molecular complexity index is 385. The number of nitrogens with two attached hydrogens (primary N) is 1. The Labute approximate surface area is 111 Å². The number of hydrogen-bond donors (Lipinski definition) is 2. The van der Waals surface area contributed by atoms with Gasteiger partial charge < -0.3 is 0 Å². The summed E-state index contributed by atoms with van der Waals surface area (Å²) in [5.74, 6) is 5.81. The van der Waals surface area contributed by atoms with Crippen LogP contribution in [0.1, 0.15) is 49.3 Å². The van der Waals surface area contributed by atoms with Crippen molar-refractivity contribution < 1.29 is 0 Å². The predicted molar refractivity (Wildman–Crippen MR) is 77.3 cm³/mol. The van der Waals surface area contributed by atoms with Crippen LogP contribution in [0.25, 0.3) is 0 Å². The summed E-state index contributed by atoms with van der Waals surface area (Å²) >= 11 is 0. The van der Waals surface area contributed by atoms with E-state index < -0.39 is 0 Å². The molecule has 1 aromatic carbocycles. The monoisotopic (exact) mass is 246 g/mol. The molecule has 0 radical (unpaired) electrons. The highest BCUT2D eigenvalue weighted by atomic mass is 15.2. The van der Waals surface area contributed by atoms with Gasteiger partial charge in [-0.3, -0.25) is 11.3 Å². The van der Waals surface area contributed by atoms with E-state index in [0.717, 1.165) is 6.42 Å². The minimum absolute atomic E-state index is 0.367. The number of aryl methyl sites for hydroxylation is 2. The number of nitrogens with one attached hydrogen (secondary N) is 1. The molecule has 1 saturated carbocycles. The maximum Gasteiger partial charge on any atom is 0.0304 e. The van der Waals surface area contributed by atoms with Gasteiger partial charge in [0.25, 0.3) is 0 Å². The van der Waals surface area contributed by atoms with Crippen molar-refractivity contribution in [1.82, 2.24) is 5.43 Å². The van der Waals surface area contributed by atoms with E-state index in [0.29, 0.717) is 11.5 Å². The molecule has 18 heavy (non-hydrogen) atoms. The van der Waals surface area contributed by atoms with Crippen LogP contribution < -0.4 is 11.3 Å². The van der Waals surface area contributed by atoms with Crippen LogP contribution in [-0.2, 0) is 6.42 Å². The maximum absolute atomic E-state index is 5.81. The van der Waals surface area contributed by atoms with Gasteiger partial charge in [0.2, 0.25) is 0 Å². The Balaban J connectivity index is 2.14. The van der Waals surface area contributed by atoms with E-state index in [1.54, 1.807) is 0 Å². The third kappa shape index (κ3) is 2.93. The molecule has 0 amide bonds. The lowest BCUT2D eigenvalue weighted by atomic mass is 9.78. The molecule has 0 heterocycles. The molecule has 2 heteroatoms. The fraction of sp³-hybridized carbons (Fsp3) is 0.625. The molecule has 3 N–H and O–H groups in total. The summed E-state index contributed by atoms with van der Waals surface area (Å²) < 4.78 is 0. The molecule has 0 saturated heterocycles. The Morgan fingerprint density at radius 2 is 1.72 bits per heavy atom. The van der Waals surface area contributed by atoms with Crippen LogP contribution in [0, 0.1) is 19.3 Å². The van der Waals surface area contributed by atoms with Crippen LogP contribution in [0.3, 0.4) is 0 Å². The van der Waals surface area contributed by atoms with Gasteiger partial charge in [0.1, 0.15) is 0 Å². The van der Waals surface area contributed by atoms with E-state index >= 15 is 0 Å². The van der Waals surface area contributed by atoms with Gasteiger partial charge in [0, 0.05) is 6.04 Å². The number of hydrazine groups is 1.